The maximum absolute atomic E-state index is 3.39. The molecule has 0 bridgehead atoms. The number of hydrogen-bond acceptors (Lipinski definition) is 3. The molecule has 0 saturated carbocycles. The summed E-state index contributed by atoms with van der Waals surface area (Å²) in [7, 11) is 0. The highest BCUT2D eigenvalue weighted by atomic mass is 15.3. The molecule has 1 N–H and O–H groups in total. The molecular formula is C13H27N3. The summed E-state index contributed by atoms with van der Waals surface area (Å²) < 4.78 is 0. The summed E-state index contributed by atoms with van der Waals surface area (Å²) in [5.74, 6) is 0. The van der Waals surface area contributed by atoms with Crippen molar-refractivity contribution in [1.29, 1.82) is 0 Å². The summed E-state index contributed by atoms with van der Waals surface area (Å²) in [5.41, 5.74) is 0. The van der Waals surface area contributed by atoms with Gasteiger partial charge in [0.2, 0.25) is 0 Å². The Morgan fingerprint density at radius 2 is 1.81 bits per heavy atom. The molecule has 2 fully saturated rings. The van der Waals surface area contributed by atoms with Gasteiger partial charge in [-0.3, -0.25) is 4.90 Å². The van der Waals surface area contributed by atoms with Crippen LogP contribution in [-0.2, 0) is 0 Å². The molecule has 2 heterocycles. The molecule has 94 valence electrons. The number of nitrogens with zero attached hydrogens (tertiary/aromatic N) is 2. The Kier molecular flexibility index (Phi) is 4.62. The molecule has 0 radical (unpaired) electrons. The average molecular weight is 225 g/mol. The molecule has 2 aliphatic rings. The van der Waals surface area contributed by atoms with E-state index in [0.717, 1.165) is 12.1 Å². The molecule has 0 aromatic heterocycles. The maximum atomic E-state index is 3.39. The van der Waals surface area contributed by atoms with Crippen LogP contribution in [0.15, 0.2) is 0 Å². The van der Waals surface area contributed by atoms with Gasteiger partial charge in [-0.2, -0.15) is 0 Å². The highest BCUT2D eigenvalue weighted by Gasteiger charge is 2.31. The van der Waals surface area contributed by atoms with Crippen LogP contribution in [0.3, 0.4) is 0 Å². The normalized spacial score (nSPS) is 24.9. The molecule has 2 saturated heterocycles. The SMILES string of the molecule is CCCN1CCC(N(CC)C2CNC2)CC1. The van der Waals surface area contributed by atoms with Crippen LogP contribution in [0.1, 0.15) is 33.1 Å². The molecule has 0 spiro atoms. The standard InChI is InChI=1S/C13H27N3/c1-3-7-15-8-5-12(6-9-15)16(4-2)13-10-14-11-13/h12-14H,3-11H2,1-2H3. The van der Waals surface area contributed by atoms with Crippen LogP contribution in [0.5, 0.6) is 0 Å². The van der Waals surface area contributed by atoms with Crippen LogP contribution in [0.2, 0.25) is 0 Å². The zero-order valence-corrected chi connectivity index (χ0v) is 10.9. The summed E-state index contributed by atoms with van der Waals surface area (Å²) in [4.78, 5) is 5.36. The van der Waals surface area contributed by atoms with E-state index >= 15 is 0 Å². The molecule has 0 amide bonds. The molecule has 0 atom stereocenters. The Bertz CT molecular complexity index is 195. The van der Waals surface area contributed by atoms with Crippen LogP contribution in [-0.4, -0.2) is 61.2 Å². The lowest BCUT2D eigenvalue weighted by atomic mass is 9.99. The molecule has 3 nitrogen and oxygen atoms in total. The van der Waals surface area contributed by atoms with Crippen molar-refractivity contribution < 1.29 is 0 Å². The monoisotopic (exact) mass is 225 g/mol. The van der Waals surface area contributed by atoms with Crippen molar-refractivity contribution in [1.82, 2.24) is 15.1 Å². The molecule has 3 heteroatoms. The fourth-order valence-electron chi connectivity index (χ4n) is 3.11. The largest absolute Gasteiger partial charge is 0.314 e. The van der Waals surface area contributed by atoms with Gasteiger partial charge in [-0.25, -0.2) is 0 Å². The molecule has 16 heavy (non-hydrogen) atoms. The Morgan fingerprint density at radius 3 is 2.25 bits per heavy atom. The Labute approximate surface area is 100 Å². The molecule has 0 unspecified atom stereocenters. The molecule has 0 aliphatic carbocycles. The average Bonchev–Trinajstić information content (AvgIpc) is 2.25. The summed E-state index contributed by atoms with van der Waals surface area (Å²) in [5, 5.41) is 3.39. The van der Waals surface area contributed by atoms with Gasteiger partial charge in [0.05, 0.1) is 0 Å². The number of nitrogens with one attached hydrogen (secondary N) is 1. The van der Waals surface area contributed by atoms with E-state index in [1.54, 1.807) is 0 Å². The lowest BCUT2D eigenvalue weighted by Gasteiger charge is -2.45. The maximum Gasteiger partial charge on any atom is 0.0348 e. The van der Waals surface area contributed by atoms with Crippen molar-refractivity contribution in [2.45, 2.75) is 45.2 Å². The van der Waals surface area contributed by atoms with E-state index < -0.39 is 0 Å². The third-order valence-electron chi connectivity index (χ3n) is 4.16. The van der Waals surface area contributed by atoms with Gasteiger partial charge in [0.25, 0.3) is 0 Å². The predicted molar refractivity (Wildman–Crippen MR) is 68.8 cm³/mol. The van der Waals surface area contributed by atoms with Gasteiger partial charge in [-0.1, -0.05) is 13.8 Å². The number of rotatable bonds is 5. The van der Waals surface area contributed by atoms with Crippen molar-refractivity contribution in [3.05, 3.63) is 0 Å². The van der Waals surface area contributed by atoms with Crippen LogP contribution in [0.4, 0.5) is 0 Å². The summed E-state index contributed by atoms with van der Waals surface area (Å²) in [6.45, 7) is 12.2. The molecular weight excluding hydrogens is 198 g/mol. The van der Waals surface area contributed by atoms with Crippen LogP contribution < -0.4 is 5.32 Å². The molecule has 2 rings (SSSR count). The summed E-state index contributed by atoms with van der Waals surface area (Å²) >= 11 is 0. The minimum Gasteiger partial charge on any atom is -0.314 e. The van der Waals surface area contributed by atoms with E-state index in [2.05, 4.69) is 29.0 Å². The first-order valence-corrected chi connectivity index (χ1v) is 7.04. The fraction of sp³-hybridized carbons (Fsp3) is 1.00. The number of likely N-dealkylation sites (tertiary alicyclic amines) is 1. The minimum atomic E-state index is 0.827. The van der Waals surface area contributed by atoms with Gasteiger partial charge >= 0.3 is 0 Å². The zero-order chi connectivity index (χ0) is 11.4. The summed E-state index contributed by atoms with van der Waals surface area (Å²) in [6, 6.07) is 1.68. The van der Waals surface area contributed by atoms with Gasteiger partial charge in [-0.15, -0.1) is 0 Å². The number of hydrogen-bond donors (Lipinski definition) is 1. The van der Waals surface area contributed by atoms with Crippen LogP contribution in [0.25, 0.3) is 0 Å². The topological polar surface area (TPSA) is 18.5 Å². The molecule has 0 aromatic rings. The molecule has 2 aliphatic heterocycles. The smallest absolute Gasteiger partial charge is 0.0348 e. The second-order valence-corrected chi connectivity index (χ2v) is 5.22. The second kappa shape index (κ2) is 5.99. The first-order valence-electron chi connectivity index (χ1n) is 7.04. The van der Waals surface area contributed by atoms with Crippen molar-refractivity contribution in [3.63, 3.8) is 0 Å². The summed E-state index contributed by atoms with van der Waals surface area (Å²) in [6.07, 6.45) is 4.06. The zero-order valence-electron chi connectivity index (χ0n) is 10.9. The lowest BCUT2D eigenvalue weighted by Crippen LogP contribution is -2.61. The number of piperidine rings is 1. The lowest BCUT2D eigenvalue weighted by molar-refractivity contribution is 0.0561. The first-order chi connectivity index (χ1) is 7.85. The van der Waals surface area contributed by atoms with E-state index in [1.165, 1.54) is 58.5 Å². The van der Waals surface area contributed by atoms with Crippen LogP contribution in [0, 0.1) is 0 Å². The Morgan fingerprint density at radius 1 is 1.12 bits per heavy atom. The number of likely N-dealkylation sites (N-methyl/N-ethyl adjacent to an activating group) is 1. The van der Waals surface area contributed by atoms with Crippen molar-refractivity contribution >= 4 is 0 Å². The van der Waals surface area contributed by atoms with E-state index in [4.69, 9.17) is 0 Å². The third-order valence-corrected chi connectivity index (χ3v) is 4.16. The van der Waals surface area contributed by atoms with E-state index in [9.17, 15) is 0 Å². The van der Waals surface area contributed by atoms with E-state index in [0.29, 0.717) is 0 Å². The highest BCUT2D eigenvalue weighted by molar-refractivity contribution is 4.90. The predicted octanol–water partition coefficient (Wildman–Crippen LogP) is 1.15. The van der Waals surface area contributed by atoms with Crippen molar-refractivity contribution in [2.75, 3.05) is 39.3 Å². The van der Waals surface area contributed by atoms with Crippen molar-refractivity contribution in [2.24, 2.45) is 0 Å². The fourth-order valence-corrected chi connectivity index (χ4v) is 3.11. The van der Waals surface area contributed by atoms with Gasteiger partial charge in [0.15, 0.2) is 0 Å². The van der Waals surface area contributed by atoms with Gasteiger partial charge in [0.1, 0.15) is 0 Å². The Hall–Kier alpha value is -0.120. The van der Waals surface area contributed by atoms with E-state index in [1.807, 2.05) is 0 Å². The van der Waals surface area contributed by atoms with E-state index in [-0.39, 0.29) is 0 Å². The van der Waals surface area contributed by atoms with Gasteiger partial charge < -0.3 is 10.2 Å². The first kappa shape index (κ1) is 12.3. The Balaban J connectivity index is 1.77. The van der Waals surface area contributed by atoms with Crippen molar-refractivity contribution in [3.8, 4) is 0 Å². The quantitative estimate of drug-likeness (QED) is 0.757. The molecule has 0 aromatic carbocycles. The third kappa shape index (κ3) is 2.76. The van der Waals surface area contributed by atoms with Gasteiger partial charge in [0, 0.05) is 25.2 Å². The second-order valence-electron chi connectivity index (χ2n) is 5.22. The van der Waals surface area contributed by atoms with Crippen LogP contribution >= 0.6 is 0 Å². The minimum absolute atomic E-state index is 0.827. The highest BCUT2D eigenvalue weighted by Crippen LogP contribution is 2.20. The van der Waals surface area contributed by atoms with Gasteiger partial charge in [-0.05, 0) is 45.4 Å².